The maximum Gasteiger partial charge on any atom is 0.264 e. The van der Waals surface area contributed by atoms with Crippen molar-refractivity contribution in [2.45, 2.75) is 39.2 Å². The van der Waals surface area contributed by atoms with E-state index in [1.807, 2.05) is 53.6 Å². The molecular weight excluding hydrogens is 408 g/mol. The Morgan fingerprint density at radius 1 is 1.06 bits per heavy atom. The zero-order chi connectivity index (χ0) is 21.2. The summed E-state index contributed by atoms with van der Waals surface area (Å²) in [5.74, 6) is 2.13. The van der Waals surface area contributed by atoms with Crippen LogP contribution in [0.2, 0.25) is 0 Å². The van der Waals surface area contributed by atoms with E-state index in [4.69, 9.17) is 14.7 Å². The molecule has 0 N–H and O–H groups in total. The van der Waals surface area contributed by atoms with Crippen LogP contribution in [-0.2, 0) is 13.0 Å². The molecule has 0 radical (unpaired) electrons. The van der Waals surface area contributed by atoms with E-state index >= 15 is 0 Å². The number of nitrogens with zero attached hydrogens (tertiary/aromatic N) is 4. The first-order valence-corrected chi connectivity index (χ1v) is 11.8. The van der Waals surface area contributed by atoms with Crippen LogP contribution in [0.3, 0.4) is 0 Å². The van der Waals surface area contributed by atoms with Gasteiger partial charge in [-0.25, -0.2) is 4.98 Å². The van der Waals surface area contributed by atoms with Gasteiger partial charge in [0, 0.05) is 26.1 Å². The van der Waals surface area contributed by atoms with Crippen molar-refractivity contribution in [3.63, 3.8) is 0 Å². The van der Waals surface area contributed by atoms with Crippen LogP contribution in [0.15, 0.2) is 41.8 Å². The molecule has 1 amide bonds. The molecule has 0 spiro atoms. The first-order chi connectivity index (χ1) is 15.2. The lowest BCUT2D eigenvalue weighted by Crippen LogP contribution is -2.37. The number of hydrogen-bond acceptors (Lipinski definition) is 6. The SMILES string of the molecule is Cc1cccc(Oc2nc(N3CCCCC3)nc3c2CN(C(=O)c2cccs2)CC3)c1. The van der Waals surface area contributed by atoms with Crippen LogP contribution < -0.4 is 9.64 Å². The zero-order valence-corrected chi connectivity index (χ0v) is 18.5. The predicted molar refractivity (Wildman–Crippen MR) is 122 cm³/mol. The summed E-state index contributed by atoms with van der Waals surface area (Å²) in [5.41, 5.74) is 3.04. The average molecular weight is 435 g/mol. The molecular formula is C24H26N4O2S. The van der Waals surface area contributed by atoms with Crippen LogP contribution in [0.4, 0.5) is 5.95 Å². The molecule has 2 aliphatic rings. The third-order valence-electron chi connectivity index (χ3n) is 5.87. The number of fused-ring (bicyclic) bond motifs is 1. The second-order valence-electron chi connectivity index (χ2n) is 8.17. The zero-order valence-electron chi connectivity index (χ0n) is 17.7. The quantitative estimate of drug-likeness (QED) is 0.589. The first kappa shape index (κ1) is 20.0. The number of anilines is 1. The third kappa shape index (κ3) is 4.28. The Balaban J connectivity index is 1.50. The van der Waals surface area contributed by atoms with Crippen molar-refractivity contribution in [3.05, 3.63) is 63.5 Å². The molecule has 7 heteroatoms. The molecule has 2 aromatic heterocycles. The fourth-order valence-electron chi connectivity index (χ4n) is 4.21. The van der Waals surface area contributed by atoms with Gasteiger partial charge in [0.2, 0.25) is 11.8 Å². The van der Waals surface area contributed by atoms with Crippen molar-refractivity contribution in [3.8, 4) is 11.6 Å². The lowest BCUT2D eigenvalue weighted by Gasteiger charge is -2.31. The van der Waals surface area contributed by atoms with Crippen LogP contribution >= 0.6 is 11.3 Å². The number of benzene rings is 1. The minimum atomic E-state index is 0.0577. The molecule has 4 heterocycles. The summed E-state index contributed by atoms with van der Waals surface area (Å²) in [6, 6.07) is 11.8. The molecule has 31 heavy (non-hydrogen) atoms. The van der Waals surface area contributed by atoms with Crippen LogP contribution in [0.1, 0.15) is 45.8 Å². The van der Waals surface area contributed by atoms with Gasteiger partial charge in [0.05, 0.1) is 22.7 Å². The maximum atomic E-state index is 12.9. The van der Waals surface area contributed by atoms with Gasteiger partial charge in [0.1, 0.15) is 5.75 Å². The summed E-state index contributed by atoms with van der Waals surface area (Å²) < 4.78 is 6.29. The maximum absolute atomic E-state index is 12.9. The van der Waals surface area contributed by atoms with E-state index in [0.29, 0.717) is 25.4 Å². The topological polar surface area (TPSA) is 58.6 Å². The monoisotopic (exact) mass is 434 g/mol. The van der Waals surface area contributed by atoms with Crippen LogP contribution in [0.5, 0.6) is 11.6 Å². The summed E-state index contributed by atoms with van der Waals surface area (Å²) in [7, 11) is 0. The Hall–Kier alpha value is -2.93. The highest BCUT2D eigenvalue weighted by molar-refractivity contribution is 7.12. The van der Waals surface area contributed by atoms with Crippen molar-refractivity contribution in [1.82, 2.24) is 14.9 Å². The highest BCUT2D eigenvalue weighted by atomic mass is 32.1. The van der Waals surface area contributed by atoms with Crippen molar-refractivity contribution < 1.29 is 9.53 Å². The van der Waals surface area contributed by atoms with E-state index in [9.17, 15) is 4.79 Å². The Bertz CT molecular complexity index is 1080. The van der Waals surface area contributed by atoms with Crippen molar-refractivity contribution in [2.75, 3.05) is 24.5 Å². The van der Waals surface area contributed by atoms with E-state index in [1.54, 1.807) is 0 Å². The Morgan fingerprint density at radius 3 is 2.71 bits per heavy atom. The lowest BCUT2D eigenvalue weighted by molar-refractivity contribution is 0.0737. The molecule has 0 atom stereocenters. The molecule has 0 saturated carbocycles. The number of amides is 1. The summed E-state index contributed by atoms with van der Waals surface area (Å²) in [4.78, 5) is 27.6. The van der Waals surface area contributed by atoms with Crippen LogP contribution in [-0.4, -0.2) is 40.4 Å². The normalized spacial score (nSPS) is 16.2. The minimum Gasteiger partial charge on any atom is -0.438 e. The Kier molecular flexibility index (Phi) is 5.59. The molecule has 0 aliphatic carbocycles. The van der Waals surface area contributed by atoms with E-state index in [-0.39, 0.29) is 5.91 Å². The first-order valence-electron chi connectivity index (χ1n) is 10.9. The highest BCUT2D eigenvalue weighted by Gasteiger charge is 2.29. The number of hydrogen-bond donors (Lipinski definition) is 0. The summed E-state index contributed by atoms with van der Waals surface area (Å²) in [6.07, 6.45) is 4.29. The number of thiophene rings is 1. The largest absolute Gasteiger partial charge is 0.438 e. The highest BCUT2D eigenvalue weighted by Crippen LogP contribution is 2.33. The molecule has 6 nitrogen and oxygen atoms in total. The number of aryl methyl sites for hydroxylation is 1. The van der Waals surface area contributed by atoms with Crippen LogP contribution in [0, 0.1) is 6.92 Å². The van der Waals surface area contributed by atoms with Gasteiger partial charge in [-0.3, -0.25) is 4.79 Å². The fourth-order valence-corrected chi connectivity index (χ4v) is 4.90. The second-order valence-corrected chi connectivity index (χ2v) is 9.12. The number of rotatable bonds is 4. The van der Waals surface area contributed by atoms with Crippen LogP contribution in [0.25, 0.3) is 0 Å². The van der Waals surface area contributed by atoms with Gasteiger partial charge < -0.3 is 14.5 Å². The molecule has 5 rings (SSSR count). The molecule has 0 unspecified atom stereocenters. The van der Waals surface area contributed by atoms with Gasteiger partial charge in [-0.2, -0.15) is 4.98 Å². The summed E-state index contributed by atoms with van der Waals surface area (Å²) in [5, 5.41) is 1.94. The number of ether oxygens (including phenoxy) is 1. The van der Waals surface area contributed by atoms with E-state index in [2.05, 4.69) is 4.90 Å². The van der Waals surface area contributed by atoms with Crippen molar-refractivity contribution >= 4 is 23.2 Å². The standard InChI is InChI=1S/C24H26N4O2S/c1-17-7-5-8-18(15-17)30-22-19-16-28(23(29)21-9-6-14-31-21)13-10-20(19)25-24(26-22)27-11-3-2-4-12-27/h5-9,14-15H,2-4,10-13,16H2,1H3. The smallest absolute Gasteiger partial charge is 0.264 e. The third-order valence-corrected chi connectivity index (χ3v) is 6.73. The van der Waals surface area contributed by atoms with E-state index in [0.717, 1.165) is 59.3 Å². The van der Waals surface area contributed by atoms with Gasteiger partial charge in [0.15, 0.2) is 0 Å². The Morgan fingerprint density at radius 2 is 1.94 bits per heavy atom. The number of piperidine rings is 1. The molecule has 1 fully saturated rings. The summed E-state index contributed by atoms with van der Waals surface area (Å²) >= 11 is 1.48. The van der Waals surface area contributed by atoms with Crippen molar-refractivity contribution in [2.24, 2.45) is 0 Å². The van der Waals surface area contributed by atoms with Gasteiger partial charge in [-0.1, -0.05) is 18.2 Å². The average Bonchev–Trinajstić information content (AvgIpc) is 3.34. The van der Waals surface area contributed by atoms with E-state index < -0.39 is 0 Å². The molecule has 1 saturated heterocycles. The number of carbonyl (C=O) groups excluding carboxylic acids is 1. The lowest BCUT2D eigenvalue weighted by atomic mass is 10.1. The fraction of sp³-hybridized carbons (Fsp3) is 0.375. The van der Waals surface area contributed by atoms with E-state index in [1.165, 1.54) is 17.8 Å². The van der Waals surface area contributed by atoms with Gasteiger partial charge >= 0.3 is 0 Å². The molecule has 160 valence electrons. The number of aromatic nitrogens is 2. The molecule has 3 aromatic rings. The predicted octanol–water partition coefficient (Wildman–Crippen LogP) is 4.83. The summed E-state index contributed by atoms with van der Waals surface area (Å²) in [6.45, 7) is 5.12. The van der Waals surface area contributed by atoms with Gasteiger partial charge in [0.25, 0.3) is 5.91 Å². The molecule has 0 bridgehead atoms. The van der Waals surface area contributed by atoms with Gasteiger partial charge in [-0.05, 0) is 55.3 Å². The molecule has 2 aliphatic heterocycles. The van der Waals surface area contributed by atoms with Crippen molar-refractivity contribution in [1.29, 1.82) is 0 Å². The Labute approximate surface area is 186 Å². The molecule has 1 aromatic carbocycles. The minimum absolute atomic E-state index is 0.0577. The van der Waals surface area contributed by atoms with Gasteiger partial charge in [-0.15, -0.1) is 11.3 Å². The second kappa shape index (κ2) is 8.67. The number of carbonyl (C=O) groups is 1.